The van der Waals surface area contributed by atoms with Gasteiger partial charge in [-0.25, -0.2) is 9.37 Å². The van der Waals surface area contributed by atoms with Crippen molar-refractivity contribution < 1.29 is 13.9 Å². The molecule has 3 aromatic rings. The molecule has 0 atom stereocenters. The number of aromatic nitrogens is 2. The molecule has 0 bridgehead atoms. The molecule has 5 nitrogen and oxygen atoms in total. The third kappa shape index (κ3) is 4.01. The summed E-state index contributed by atoms with van der Waals surface area (Å²) in [6.45, 7) is 3.96. The standard InChI is InChI=1S/C20H15BrFN3O2/c1-3-6-27-19-15(21)8-12(9-18(19)26-2)7-13(11-23)20-24-16-5-4-14(22)10-17(16)25-20/h3-5,7-10H,1,6H2,2H3,(H,24,25)/b13-7-. The molecular formula is C20H15BrFN3O2. The Morgan fingerprint density at radius 1 is 1.41 bits per heavy atom. The average Bonchev–Trinajstić information content (AvgIpc) is 3.07. The molecule has 0 aliphatic carbocycles. The van der Waals surface area contributed by atoms with Gasteiger partial charge in [-0.05, 0) is 57.9 Å². The highest BCUT2D eigenvalue weighted by Crippen LogP contribution is 2.37. The number of allylic oxidation sites excluding steroid dienone is 1. The molecule has 27 heavy (non-hydrogen) atoms. The van der Waals surface area contributed by atoms with Gasteiger partial charge >= 0.3 is 0 Å². The molecule has 0 fully saturated rings. The van der Waals surface area contributed by atoms with Gasteiger partial charge in [-0.3, -0.25) is 0 Å². The number of fused-ring (bicyclic) bond motifs is 1. The molecule has 0 saturated heterocycles. The van der Waals surface area contributed by atoms with Crippen molar-refractivity contribution in [2.45, 2.75) is 0 Å². The van der Waals surface area contributed by atoms with Crippen LogP contribution in [0.25, 0.3) is 22.7 Å². The van der Waals surface area contributed by atoms with Crippen LogP contribution < -0.4 is 9.47 Å². The van der Waals surface area contributed by atoms with Crippen LogP contribution in [0.5, 0.6) is 11.5 Å². The van der Waals surface area contributed by atoms with E-state index in [1.807, 2.05) is 0 Å². The molecule has 0 spiro atoms. The fourth-order valence-corrected chi connectivity index (χ4v) is 3.11. The number of benzene rings is 2. The van der Waals surface area contributed by atoms with Crippen molar-refractivity contribution in [3.05, 3.63) is 64.7 Å². The van der Waals surface area contributed by atoms with Crippen molar-refractivity contribution in [1.29, 1.82) is 5.26 Å². The molecule has 0 radical (unpaired) electrons. The second-order valence-corrected chi connectivity index (χ2v) is 6.40. The van der Waals surface area contributed by atoms with Crippen molar-refractivity contribution in [2.75, 3.05) is 13.7 Å². The predicted octanol–water partition coefficient (Wildman–Crippen LogP) is 5.10. The third-order valence-electron chi connectivity index (χ3n) is 3.73. The van der Waals surface area contributed by atoms with Gasteiger partial charge in [0.25, 0.3) is 0 Å². The van der Waals surface area contributed by atoms with E-state index < -0.39 is 0 Å². The number of nitrogens with one attached hydrogen (secondary N) is 1. The maximum absolute atomic E-state index is 13.4. The van der Waals surface area contributed by atoms with Crippen LogP contribution in [0.1, 0.15) is 11.4 Å². The number of hydrogen-bond donors (Lipinski definition) is 1. The average molecular weight is 428 g/mol. The smallest absolute Gasteiger partial charge is 0.175 e. The summed E-state index contributed by atoms with van der Waals surface area (Å²) in [4.78, 5) is 7.32. The molecule has 0 saturated carbocycles. The van der Waals surface area contributed by atoms with Crippen molar-refractivity contribution in [2.24, 2.45) is 0 Å². The Bertz CT molecular complexity index is 1080. The lowest BCUT2D eigenvalue weighted by atomic mass is 10.1. The number of rotatable bonds is 6. The zero-order valence-electron chi connectivity index (χ0n) is 14.4. The van der Waals surface area contributed by atoms with E-state index in [9.17, 15) is 9.65 Å². The molecule has 3 rings (SSSR count). The second kappa shape index (κ2) is 8.06. The maximum Gasteiger partial charge on any atom is 0.175 e. The van der Waals surface area contributed by atoms with Gasteiger partial charge in [0.05, 0.1) is 28.2 Å². The highest BCUT2D eigenvalue weighted by molar-refractivity contribution is 9.10. The van der Waals surface area contributed by atoms with Gasteiger partial charge in [-0.1, -0.05) is 12.7 Å². The minimum atomic E-state index is -0.371. The summed E-state index contributed by atoms with van der Waals surface area (Å²) >= 11 is 3.46. The Balaban J connectivity index is 2.03. The van der Waals surface area contributed by atoms with Crippen LogP contribution in [0.4, 0.5) is 4.39 Å². The van der Waals surface area contributed by atoms with Crippen LogP contribution in [0, 0.1) is 17.1 Å². The van der Waals surface area contributed by atoms with E-state index in [0.29, 0.717) is 50.6 Å². The van der Waals surface area contributed by atoms with Crippen molar-refractivity contribution in [3.8, 4) is 17.6 Å². The third-order valence-corrected chi connectivity index (χ3v) is 4.32. The van der Waals surface area contributed by atoms with Crippen LogP contribution in [0.15, 0.2) is 47.5 Å². The van der Waals surface area contributed by atoms with Crippen molar-refractivity contribution in [3.63, 3.8) is 0 Å². The van der Waals surface area contributed by atoms with Crippen LogP contribution in [0.3, 0.4) is 0 Å². The number of methoxy groups -OCH3 is 1. The minimum Gasteiger partial charge on any atom is -0.493 e. The van der Waals surface area contributed by atoms with Crippen LogP contribution in [-0.4, -0.2) is 23.7 Å². The summed E-state index contributed by atoms with van der Waals surface area (Å²) in [5.74, 6) is 1.05. The zero-order valence-corrected chi connectivity index (χ0v) is 16.0. The van der Waals surface area contributed by atoms with E-state index in [2.05, 4.69) is 38.5 Å². The summed E-state index contributed by atoms with van der Waals surface area (Å²) in [7, 11) is 1.54. The quantitative estimate of drug-likeness (QED) is 0.438. The van der Waals surface area contributed by atoms with Gasteiger partial charge in [-0.2, -0.15) is 5.26 Å². The number of nitriles is 1. The van der Waals surface area contributed by atoms with Gasteiger partial charge in [0.15, 0.2) is 11.5 Å². The second-order valence-electron chi connectivity index (χ2n) is 5.55. The number of nitrogens with zero attached hydrogens (tertiary/aromatic N) is 2. The van der Waals surface area contributed by atoms with Gasteiger partial charge in [0, 0.05) is 0 Å². The zero-order chi connectivity index (χ0) is 19.4. The molecule has 0 aliphatic rings. The Morgan fingerprint density at radius 2 is 2.22 bits per heavy atom. The topological polar surface area (TPSA) is 70.9 Å². The summed E-state index contributed by atoms with van der Waals surface area (Å²) in [5, 5.41) is 9.56. The number of aromatic amines is 1. The first-order valence-electron chi connectivity index (χ1n) is 7.94. The molecule has 1 N–H and O–H groups in total. The van der Waals surface area contributed by atoms with Crippen LogP contribution in [0.2, 0.25) is 0 Å². The lowest BCUT2D eigenvalue weighted by molar-refractivity contribution is 0.324. The highest BCUT2D eigenvalue weighted by Gasteiger charge is 2.13. The first kappa shape index (κ1) is 18.7. The summed E-state index contributed by atoms with van der Waals surface area (Å²) < 4.78 is 25.0. The molecule has 1 heterocycles. The Labute approximate surface area is 163 Å². The molecule has 7 heteroatoms. The highest BCUT2D eigenvalue weighted by atomic mass is 79.9. The Kier molecular flexibility index (Phi) is 5.57. The van der Waals surface area contributed by atoms with E-state index in [-0.39, 0.29) is 5.82 Å². The first-order valence-corrected chi connectivity index (χ1v) is 8.73. The summed E-state index contributed by atoms with van der Waals surface area (Å²) in [5.41, 5.74) is 2.13. The van der Waals surface area contributed by atoms with Gasteiger partial charge in [-0.15, -0.1) is 0 Å². The monoisotopic (exact) mass is 427 g/mol. The van der Waals surface area contributed by atoms with Gasteiger partial charge in [0.1, 0.15) is 24.3 Å². The molecule has 0 amide bonds. The summed E-state index contributed by atoms with van der Waals surface area (Å²) in [6, 6.07) is 9.91. The molecule has 0 unspecified atom stereocenters. The minimum absolute atomic E-state index is 0.306. The van der Waals surface area contributed by atoms with E-state index in [4.69, 9.17) is 9.47 Å². The fraction of sp³-hybridized carbons (Fsp3) is 0.100. The van der Waals surface area contributed by atoms with E-state index in [1.165, 1.54) is 19.2 Å². The largest absolute Gasteiger partial charge is 0.493 e. The van der Waals surface area contributed by atoms with E-state index in [0.717, 1.165) is 0 Å². The Morgan fingerprint density at radius 3 is 2.93 bits per heavy atom. The number of H-pyrrole nitrogens is 1. The lowest BCUT2D eigenvalue weighted by Crippen LogP contribution is -1.98. The Hall–Kier alpha value is -3.11. The number of hydrogen-bond acceptors (Lipinski definition) is 4. The molecule has 2 aromatic carbocycles. The molecular weight excluding hydrogens is 413 g/mol. The van der Waals surface area contributed by atoms with Gasteiger partial charge < -0.3 is 14.5 Å². The number of imidazole rings is 1. The van der Waals surface area contributed by atoms with Crippen LogP contribution >= 0.6 is 15.9 Å². The van der Waals surface area contributed by atoms with Crippen LogP contribution in [-0.2, 0) is 0 Å². The van der Waals surface area contributed by atoms with Gasteiger partial charge in [0.2, 0.25) is 0 Å². The predicted molar refractivity (Wildman–Crippen MR) is 106 cm³/mol. The van der Waals surface area contributed by atoms with Crippen molar-refractivity contribution >= 4 is 38.6 Å². The SMILES string of the molecule is C=CCOc1c(Br)cc(/C=C(/C#N)c2nc3ccc(F)cc3[nH]2)cc1OC. The molecule has 0 aliphatic heterocycles. The number of halogens is 2. The first-order chi connectivity index (χ1) is 13.0. The number of ether oxygens (including phenoxy) is 2. The fourth-order valence-electron chi connectivity index (χ4n) is 2.54. The maximum atomic E-state index is 13.4. The lowest BCUT2D eigenvalue weighted by Gasteiger charge is -2.12. The van der Waals surface area contributed by atoms with E-state index >= 15 is 0 Å². The van der Waals surface area contributed by atoms with Crippen molar-refractivity contribution in [1.82, 2.24) is 9.97 Å². The molecule has 136 valence electrons. The van der Waals surface area contributed by atoms with E-state index in [1.54, 1.807) is 30.4 Å². The normalized spacial score (nSPS) is 11.3. The summed E-state index contributed by atoms with van der Waals surface area (Å²) in [6.07, 6.45) is 3.30. The molecule has 1 aromatic heterocycles.